The van der Waals surface area contributed by atoms with Crippen molar-refractivity contribution in [1.29, 1.82) is 0 Å². The number of fused-ring (bicyclic) bond motifs is 1. The normalized spacial score (nSPS) is 18.9. The van der Waals surface area contributed by atoms with Crippen LogP contribution in [-0.4, -0.2) is 53.2 Å². The third kappa shape index (κ3) is 5.31. The highest BCUT2D eigenvalue weighted by molar-refractivity contribution is 6.30. The molecule has 3 aromatic rings. The average Bonchev–Trinajstić information content (AvgIpc) is 3.18. The summed E-state index contributed by atoms with van der Waals surface area (Å²) in [5, 5.41) is 2.16. The minimum atomic E-state index is 0.290. The molecule has 0 saturated carbocycles. The summed E-state index contributed by atoms with van der Waals surface area (Å²) in [6, 6.07) is 16.6. The molecule has 0 unspecified atom stereocenters. The molecule has 0 spiro atoms. The van der Waals surface area contributed by atoms with Gasteiger partial charge in [0, 0.05) is 54.8 Å². The van der Waals surface area contributed by atoms with Crippen molar-refractivity contribution in [2.75, 3.05) is 32.7 Å². The first-order valence-corrected chi connectivity index (χ1v) is 12.6. The Morgan fingerprint density at radius 2 is 1.56 bits per heavy atom. The summed E-state index contributed by atoms with van der Waals surface area (Å²) in [5.41, 5.74) is 2.83. The second kappa shape index (κ2) is 10.3. The van der Waals surface area contributed by atoms with Gasteiger partial charge < -0.3 is 14.2 Å². The molecule has 2 aliphatic heterocycles. The van der Waals surface area contributed by atoms with E-state index in [1.807, 2.05) is 24.3 Å². The molecule has 2 saturated heterocycles. The van der Waals surface area contributed by atoms with Crippen LogP contribution in [0.3, 0.4) is 0 Å². The number of halogens is 1. The number of aromatic nitrogens is 1. The summed E-state index contributed by atoms with van der Waals surface area (Å²) in [6.45, 7) is 7.93. The number of benzene rings is 2. The fourth-order valence-corrected chi connectivity index (χ4v) is 5.32. The molecule has 1 aromatic heterocycles. The Morgan fingerprint density at radius 1 is 0.812 bits per heavy atom. The van der Waals surface area contributed by atoms with Crippen molar-refractivity contribution in [1.82, 2.24) is 14.4 Å². The highest BCUT2D eigenvalue weighted by Gasteiger charge is 2.22. The van der Waals surface area contributed by atoms with Crippen molar-refractivity contribution < 1.29 is 4.74 Å². The van der Waals surface area contributed by atoms with Crippen LogP contribution in [0.25, 0.3) is 10.9 Å². The van der Waals surface area contributed by atoms with Gasteiger partial charge in [-0.05, 0) is 74.7 Å². The zero-order valence-corrected chi connectivity index (χ0v) is 19.6. The Balaban J connectivity index is 1.19. The SMILES string of the molecule is Clc1ccc(OC2CCN(Cc3cn(CCN4CCCCC4)c4ccccc34)CC2)cc1. The fraction of sp³-hybridized carbons (Fsp3) is 0.481. The predicted molar refractivity (Wildman–Crippen MR) is 133 cm³/mol. The highest BCUT2D eigenvalue weighted by atomic mass is 35.5. The Kier molecular flexibility index (Phi) is 7.01. The molecule has 2 fully saturated rings. The molecule has 5 heteroatoms. The van der Waals surface area contributed by atoms with Gasteiger partial charge >= 0.3 is 0 Å². The van der Waals surface area contributed by atoms with Crippen LogP contribution in [0.2, 0.25) is 5.02 Å². The van der Waals surface area contributed by atoms with Gasteiger partial charge in [-0.1, -0.05) is 36.2 Å². The number of ether oxygens (including phenoxy) is 1. The third-order valence-electron chi connectivity index (χ3n) is 7.02. The van der Waals surface area contributed by atoms with Gasteiger partial charge in [-0.25, -0.2) is 0 Å². The Morgan fingerprint density at radius 3 is 2.34 bits per heavy atom. The van der Waals surface area contributed by atoms with Crippen molar-refractivity contribution in [3.8, 4) is 5.75 Å². The minimum Gasteiger partial charge on any atom is -0.490 e. The first kappa shape index (κ1) is 21.8. The maximum absolute atomic E-state index is 6.18. The van der Waals surface area contributed by atoms with Gasteiger partial charge in [-0.15, -0.1) is 0 Å². The minimum absolute atomic E-state index is 0.290. The lowest BCUT2D eigenvalue weighted by Crippen LogP contribution is -2.37. The summed E-state index contributed by atoms with van der Waals surface area (Å²) >= 11 is 5.99. The van der Waals surface area contributed by atoms with Crippen molar-refractivity contribution in [3.05, 3.63) is 65.3 Å². The Labute approximate surface area is 196 Å². The highest BCUT2D eigenvalue weighted by Crippen LogP contribution is 2.26. The first-order valence-electron chi connectivity index (χ1n) is 12.2. The van der Waals surface area contributed by atoms with Crippen LogP contribution >= 0.6 is 11.6 Å². The van der Waals surface area contributed by atoms with E-state index in [-0.39, 0.29) is 0 Å². The number of hydrogen-bond acceptors (Lipinski definition) is 3. The molecule has 0 N–H and O–H groups in total. The summed E-state index contributed by atoms with van der Waals surface area (Å²) in [6.07, 6.45) is 8.94. The number of rotatable bonds is 7. The predicted octanol–water partition coefficient (Wildman–Crippen LogP) is 5.82. The van der Waals surface area contributed by atoms with Gasteiger partial charge in [0.25, 0.3) is 0 Å². The van der Waals surface area contributed by atoms with E-state index in [2.05, 4.69) is 44.8 Å². The number of likely N-dealkylation sites (tertiary alicyclic amines) is 2. The van der Waals surface area contributed by atoms with Gasteiger partial charge in [0.15, 0.2) is 0 Å². The number of piperidine rings is 2. The summed E-state index contributed by atoms with van der Waals surface area (Å²) in [5.74, 6) is 0.921. The van der Waals surface area contributed by atoms with Crippen molar-refractivity contribution >= 4 is 22.5 Å². The molecule has 0 aliphatic carbocycles. The third-order valence-corrected chi connectivity index (χ3v) is 7.27. The van der Waals surface area contributed by atoms with Crippen molar-refractivity contribution in [2.24, 2.45) is 0 Å². The molecule has 0 radical (unpaired) electrons. The molecular formula is C27H34ClN3O. The van der Waals surface area contributed by atoms with Gasteiger partial charge in [-0.2, -0.15) is 0 Å². The van der Waals surface area contributed by atoms with Gasteiger partial charge in [0.1, 0.15) is 11.9 Å². The molecule has 2 aliphatic rings. The maximum Gasteiger partial charge on any atom is 0.119 e. The molecule has 0 atom stereocenters. The van der Waals surface area contributed by atoms with Crippen LogP contribution in [0.1, 0.15) is 37.7 Å². The van der Waals surface area contributed by atoms with E-state index in [0.29, 0.717) is 6.10 Å². The van der Waals surface area contributed by atoms with E-state index in [1.54, 1.807) is 0 Å². The second-order valence-electron chi connectivity index (χ2n) is 9.31. The smallest absolute Gasteiger partial charge is 0.119 e. The number of nitrogens with zero attached hydrogens (tertiary/aromatic N) is 3. The molecular weight excluding hydrogens is 418 g/mol. The lowest BCUT2D eigenvalue weighted by molar-refractivity contribution is 0.0970. The Hall–Kier alpha value is -2.01. The molecule has 4 nitrogen and oxygen atoms in total. The second-order valence-corrected chi connectivity index (χ2v) is 9.75. The molecule has 0 bridgehead atoms. The van der Waals surface area contributed by atoms with Gasteiger partial charge in [0.05, 0.1) is 0 Å². The van der Waals surface area contributed by atoms with E-state index in [9.17, 15) is 0 Å². The van der Waals surface area contributed by atoms with E-state index in [1.165, 1.54) is 48.8 Å². The van der Waals surface area contributed by atoms with Crippen LogP contribution in [0.15, 0.2) is 54.7 Å². The summed E-state index contributed by atoms with van der Waals surface area (Å²) in [4.78, 5) is 5.21. The van der Waals surface area contributed by atoms with E-state index >= 15 is 0 Å². The molecule has 2 aromatic carbocycles. The monoisotopic (exact) mass is 451 g/mol. The van der Waals surface area contributed by atoms with E-state index < -0.39 is 0 Å². The van der Waals surface area contributed by atoms with Gasteiger partial charge in [0.2, 0.25) is 0 Å². The lowest BCUT2D eigenvalue weighted by atomic mass is 10.1. The van der Waals surface area contributed by atoms with Crippen LogP contribution in [0, 0.1) is 0 Å². The average molecular weight is 452 g/mol. The standard InChI is InChI=1S/C27H34ClN3O/c28-23-8-10-24(11-9-23)32-25-12-16-30(17-13-25)20-22-21-31(27-7-3-2-6-26(22)27)19-18-29-14-4-1-5-15-29/h2-3,6-11,21,25H,1,4-5,12-20H2. The topological polar surface area (TPSA) is 20.6 Å². The van der Waals surface area contributed by atoms with Crippen LogP contribution in [-0.2, 0) is 13.1 Å². The molecule has 170 valence electrons. The van der Waals surface area contributed by atoms with Crippen LogP contribution in [0.4, 0.5) is 0 Å². The number of hydrogen-bond donors (Lipinski definition) is 0. The fourth-order valence-electron chi connectivity index (χ4n) is 5.20. The quantitative estimate of drug-likeness (QED) is 0.451. The Bertz CT molecular complexity index is 1000. The molecule has 5 rings (SSSR count). The zero-order chi connectivity index (χ0) is 21.8. The van der Waals surface area contributed by atoms with Crippen molar-refractivity contribution in [3.63, 3.8) is 0 Å². The first-order chi connectivity index (χ1) is 15.7. The molecule has 32 heavy (non-hydrogen) atoms. The van der Waals surface area contributed by atoms with Gasteiger partial charge in [-0.3, -0.25) is 4.90 Å². The van der Waals surface area contributed by atoms with E-state index in [4.69, 9.17) is 16.3 Å². The molecule has 3 heterocycles. The van der Waals surface area contributed by atoms with Crippen LogP contribution < -0.4 is 4.74 Å². The largest absolute Gasteiger partial charge is 0.490 e. The number of para-hydroxylation sites is 1. The van der Waals surface area contributed by atoms with Crippen molar-refractivity contribution in [2.45, 2.75) is 51.3 Å². The van der Waals surface area contributed by atoms with Crippen LogP contribution in [0.5, 0.6) is 5.75 Å². The summed E-state index contributed by atoms with van der Waals surface area (Å²) < 4.78 is 8.66. The maximum atomic E-state index is 6.18. The zero-order valence-electron chi connectivity index (χ0n) is 18.9. The summed E-state index contributed by atoms with van der Waals surface area (Å²) in [7, 11) is 0. The van der Waals surface area contributed by atoms with E-state index in [0.717, 1.165) is 56.3 Å². The molecule has 0 amide bonds. The lowest BCUT2D eigenvalue weighted by Gasteiger charge is -2.32.